The number of hydrogen-bond donors (Lipinski definition) is 0. The molecule has 0 nitrogen and oxygen atoms in total. The Morgan fingerprint density at radius 2 is 1.87 bits per heavy atom. The topological polar surface area (TPSA) is 0 Å². The molecule has 0 amide bonds. The van der Waals surface area contributed by atoms with E-state index in [2.05, 4.69) is 29.9 Å². The molecule has 0 unspecified atom stereocenters. The fraction of sp³-hybridized carbons (Fsp3) is 0.0667. The van der Waals surface area contributed by atoms with Gasteiger partial charge in [0, 0.05) is 11.1 Å². The van der Waals surface area contributed by atoms with Crippen LogP contribution >= 0.6 is 0 Å². The van der Waals surface area contributed by atoms with E-state index < -0.39 is 0 Å². The predicted molar refractivity (Wildman–Crippen MR) is 64.4 cm³/mol. The minimum atomic E-state index is 0.864. The maximum atomic E-state index is 5.45. The zero-order chi connectivity index (χ0) is 10.7. The van der Waals surface area contributed by atoms with E-state index in [0.29, 0.717) is 0 Å². The molecule has 0 aliphatic rings. The molecule has 0 aromatic heterocycles. The Bertz CT molecular complexity index is 601. The van der Waals surface area contributed by atoms with Crippen molar-refractivity contribution in [1.82, 2.24) is 0 Å². The summed E-state index contributed by atoms with van der Waals surface area (Å²) < 4.78 is 0. The summed E-state index contributed by atoms with van der Waals surface area (Å²) >= 11 is 0. The molecule has 2 rings (SSSR count). The summed E-state index contributed by atoms with van der Waals surface area (Å²) in [6, 6.07) is 12.1. The van der Waals surface area contributed by atoms with Crippen LogP contribution in [-0.4, -0.2) is 0 Å². The summed E-state index contributed by atoms with van der Waals surface area (Å²) in [4.78, 5) is 0. The van der Waals surface area contributed by atoms with Crippen LogP contribution in [0, 0.1) is 24.2 Å². The summed E-state index contributed by atoms with van der Waals surface area (Å²) in [6.07, 6.45) is 5.45. The fourth-order valence-electron chi connectivity index (χ4n) is 1.65. The van der Waals surface area contributed by atoms with Gasteiger partial charge in [-0.3, -0.25) is 0 Å². The molecule has 0 atom stereocenters. The third kappa shape index (κ3) is 1.58. The lowest BCUT2D eigenvalue weighted by Gasteiger charge is -2.03. The van der Waals surface area contributed by atoms with Crippen LogP contribution in [0.5, 0.6) is 0 Å². The van der Waals surface area contributed by atoms with E-state index in [1.165, 1.54) is 5.39 Å². The van der Waals surface area contributed by atoms with Gasteiger partial charge >= 0.3 is 0 Å². The van der Waals surface area contributed by atoms with Crippen LogP contribution < -0.4 is 0 Å². The van der Waals surface area contributed by atoms with Crippen LogP contribution in [0.4, 0.5) is 0 Å². The maximum Gasteiger partial charge on any atom is 0.0480 e. The van der Waals surface area contributed by atoms with Gasteiger partial charge in [-0.05, 0) is 23.8 Å². The average Bonchev–Trinajstić information content (AvgIpc) is 2.30. The summed E-state index contributed by atoms with van der Waals surface area (Å²) in [5, 5.41) is 2.30. The summed E-state index contributed by atoms with van der Waals surface area (Å²) in [5.41, 5.74) is 1.82. The lowest BCUT2D eigenvalue weighted by Crippen LogP contribution is -1.85. The minimum absolute atomic E-state index is 0.864. The van der Waals surface area contributed by atoms with E-state index >= 15 is 0 Å². The number of terminal acetylenes is 1. The number of rotatable bonds is 0. The zero-order valence-corrected chi connectivity index (χ0v) is 8.54. The molecule has 0 aliphatic heterocycles. The monoisotopic (exact) mass is 190 g/mol. The molecule has 0 saturated carbocycles. The Morgan fingerprint density at radius 1 is 1.07 bits per heavy atom. The third-order valence-electron chi connectivity index (χ3n) is 2.33. The Labute approximate surface area is 89.9 Å². The summed E-state index contributed by atoms with van der Waals surface area (Å²) in [6.45, 7) is 1.82. The highest BCUT2D eigenvalue weighted by molar-refractivity contribution is 5.90. The minimum Gasteiger partial charge on any atom is -0.115 e. The molecular formula is C15H10. The molecular weight excluding hydrogens is 180 g/mol. The van der Waals surface area contributed by atoms with E-state index in [1.54, 1.807) is 0 Å². The molecule has 2 aromatic rings. The molecule has 0 heterocycles. The van der Waals surface area contributed by atoms with E-state index in [-0.39, 0.29) is 0 Å². The zero-order valence-electron chi connectivity index (χ0n) is 8.54. The van der Waals surface area contributed by atoms with Gasteiger partial charge in [-0.1, -0.05) is 42.2 Å². The molecule has 0 radical (unpaired) electrons. The second-order valence-corrected chi connectivity index (χ2v) is 3.23. The smallest absolute Gasteiger partial charge is 0.0480 e. The molecule has 70 valence electrons. The highest BCUT2D eigenvalue weighted by Gasteiger charge is 2.02. The third-order valence-corrected chi connectivity index (χ3v) is 2.33. The van der Waals surface area contributed by atoms with Crippen molar-refractivity contribution in [2.75, 3.05) is 0 Å². The van der Waals surface area contributed by atoms with Gasteiger partial charge in [-0.15, -0.1) is 12.3 Å². The normalized spacial score (nSPS) is 9.07. The molecule has 0 aliphatic carbocycles. The molecule has 0 spiro atoms. The largest absolute Gasteiger partial charge is 0.115 e. The van der Waals surface area contributed by atoms with Gasteiger partial charge in [0.15, 0.2) is 0 Å². The number of fused-ring (bicyclic) bond motifs is 1. The second-order valence-electron chi connectivity index (χ2n) is 3.23. The summed E-state index contributed by atoms with van der Waals surface area (Å²) in [5.74, 6) is 8.65. The maximum absolute atomic E-state index is 5.45. The van der Waals surface area contributed by atoms with Crippen molar-refractivity contribution in [3.8, 4) is 24.2 Å². The Hall–Kier alpha value is -2.18. The van der Waals surface area contributed by atoms with Crippen LogP contribution in [-0.2, 0) is 0 Å². The lowest BCUT2D eigenvalue weighted by molar-refractivity contribution is 1.64. The molecule has 0 saturated heterocycles. The van der Waals surface area contributed by atoms with Gasteiger partial charge in [-0.2, -0.15) is 0 Å². The van der Waals surface area contributed by atoms with Gasteiger partial charge in [0.05, 0.1) is 0 Å². The SMILES string of the molecule is C#Cc1ccc2ccccc2c1C#CC. The average molecular weight is 190 g/mol. The van der Waals surface area contributed by atoms with Gasteiger partial charge in [-0.25, -0.2) is 0 Å². The molecule has 0 N–H and O–H groups in total. The van der Waals surface area contributed by atoms with E-state index in [1.807, 2.05) is 31.2 Å². The first-order valence-corrected chi connectivity index (χ1v) is 4.78. The second kappa shape index (κ2) is 3.91. The van der Waals surface area contributed by atoms with Gasteiger partial charge < -0.3 is 0 Å². The van der Waals surface area contributed by atoms with Gasteiger partial charge in [0.2, 0.25) is 0 Å². The number of benzene rings is 2. The molecule has 0 bridgehead atoms. The van der Waals surface area contributed by atoms with Crippen LogP contribution in [0.25, 0.3) is 10.8 Å². The van der Waals surface area contributed by atoms with Crippen molar-refractivity contribution in [3.05, 3.63) is 47.5 Å². The van der Waals surface area contributed by atoms with Gasteiger partial charge in [0.1, 0.15) is 0 Å². The van der Waals surface area contributed by atoms with Crippen molar-refractivity contribution in [1.29, 1.82) is 0 Å². The van der Waals surface area contributed by atoms with Crippen molar-refractivity contribution < 1.29 is 0 Å². The first-order valence-electron chi connectivity index (χ1n) is 4.78. The number of hydrogen-bond acceptors (Lipinski definition) is 0. The van der Waals surface area contributed by atoms with Crippen LogP contribution in [0.2, 0.25) is 0 Å². The van der Waals surface area contributed by atoms with Crippen molar-refractivity contribution >= 4 is 10.8 Å². The van der Waals surface area contributed by atoms with Crippen LogP contribution in [0.1, 0.15) is 18.1 Å². The van der Waals surface area contributed by atoms with Crippen LogP contribution in [0.3, 0.4) is 0 Å². The van der Waals surface area contributed by atoms with E-state index in [4.69, 9.17) is 6.42 Å². The Balaban J connectivity index is 2.90. The first-order chi connectivity index (χ1) is 7.36. The van der Waals surface area contributed by atoms with Crippen LogP contribution in [0.15, 0.2) is 36.4 Å². The van der Waals surface area contributed by atoms with Gasteiger partial charge in [0.25, 0.3) is 0 Å². The standard InChI is InChI=1S/C15H10/c1-3-7-14-12(4-2)10-11-13-8-5-6-9-15(13)14/h2,5-6,8-11H,1H3. The highest BCUT2D eigenvalue weighted by Crippen LogP contribution is 2.21. The Kier molecular flexibility index (Phi) is 2.44. The summed E-state index contributed by atoms with van der Waals surface area (Å²) in [7, 11) is 0. The quantitative estimate of drug-likeness (QED) is 0.560. The molecule has 0 heteroatoms. The van der Waals surface area contributed by atoms with E-state index in [9.17, 15) is 0 Å². The lowest BCUT2D eigenvalue weighted by atomic mass is 10.00. The fourth-order valence-corrected chi connectivity index (χ4v) is 1.65. The van der Waals surface area contributed by atoms with E-state index in [0.717, 1.165) is 16.5 Å². The van der Waals surface area contributed by atoms with Crippen molar-refractivity contribution in [2.45, 2.75) is 6.92 Å². The van der Waals surface area contributed by atoms with Crippen molar-refractivity contribution in [3.63, 3.8) is 0 Å². The highest BCUT2D eigenvalue weighted by atomic mass is 14.0. The van der Waals surface area contributed by atoms with Crippen molar-refractivity contribution in [2.24, 2.45) is 0 Å². The Morgan fingerprint density at radius 3 is 2.60 bits per heavy atom. The first kappa shape index (κ1) is 9.38. The molecule has 0 fully saturated rings. The predicted octanol–water partition coefficient (Wildman–Crippen LogP) is 3.19. The molecule has 15 heavy (non-hydrogen) atoms. The molecule has 2 aromatic carbocycles.